The van der Waals surface area contributed by atoms with Gasteiger partial charge in [-0.05, 0) is 18.4 Å². The van der Waals surface area contributed by atoms with Crippen LogP contribution in [0.2, 0.25) is 0 Å². The molecule has 0 spiro atoms. The van der Waals surface area contributed by atoms with Crippen molar-refractivity contribution in [3.8, 4) is 0 Å². The van der Waals surface area contributed by atoms with Crippen LogP contribution in [0.3, 0.4) is 0 Å². The van der Waals surface area contributed by atoms with Crippen LogP contribution in [0.25, 0.3) is 0 Å². The quantitative estimate of drug-likeness (QED) is 0.604. The third-order valence-electron chi connectivity index (χ3n) is 2.19. The molecule has 1 heteroatoms. The van der Waals surface area contributed by atoms with Gasteiger partial charge in [0.05, 0.1) is 0 Å². The topological polar surface area (TPSA) is 0 Å². The molecule has 0 N–H and O–H groups in total. The summed E-state index contributed by atoms with van der Waals surface area (Å²) >= 11 is 0. The molecule has 0 aliphatic heterocycles. The van der Waals surface area contributed by atoms with Crippen molar-refractivity contribution in [2.24, 2.45) is 0 Å². The van der Waals surface area contributed by atoms with E-state index in [0.29, 0.717) is 0 Å². The lowest BCUT2D eigenvalue weighted by atomic mass is 10.1. The highest BCUT2D eigenvalue weighted by Gasteiger charge is 1.99. The monoisotopic (exact) mass is 179 g/mol. The molecule has 0 heterocycles. The molecule has 0 aliphatic carbocycles. The second-order valence-corrected chi connectivity index (χ2v) is 3.32. The van der Waals surface area contributed by atoms with Crippen LogP contribution in [0.15, 0.2) is 18.2 Å². The van der Waals surface area contributed by atoms with Crippen LogP contribution >= 0.6 is 0 Å². The van der Waals surface area contributed by atoms with E-state index in [2.05, 4.69) is 13.0 Å². The normalized spacial score (nSPS) is 10.3. The van der Waals surface area contributed by atoms with Gasteiger partial charge < -0.3 is 0 Å². The van der Waals surface area contributed by atoms with Gasteiger partial charge in [0.2, 0.25) is 0 Å². The summed E-state index contributed by atoms with van der Waals surface area (Å²) < 4.78 is 13.0. The molecule has 0 saturated carbocycles. The molecule has 0 nitrogen and oxygen atoms in total. The Hall–Kier alpha value is -0.850. The first-order valence-corrected chi connectivity index (χ1v) is 4.99. The minimum absolute atomic E-state index is 0.181. The van der Waals surface area contributed by atoms with Gasteiger partial charge in [-0.3, -0.25) is 0 Å². The number of rotatable bonds is 5. The number of hydrogen-bond donors (Lipinski definition) is 0. The molecule has 0 aliphatic rings. The van der Waals surface area contributed by atoms with Crippen molar-refractivity contribution < 1.29 is 4.39 Å². The van der Waals surface area contributed by atoms with Crippen LogP contribution in [0.1, 0.15) is 38.2 Å². The lowest BCUT2D eigenvalue weighted by Crippen LogP contribution is -1.90. The molecule has 13 heavy (non-hydrogen) atoms. The van der Waals surface area contributed by atoms with Crippen molar-refractivity contribution >= 4 is 0 Å². The third-order valence-corrected chi connectivity index (χ3v) is 2.19. The van der Waals surface area contributed by atoms with Gasteiger partial charge in [-0.25, -0.2) is 4.39 Å². The van der Waals surface area contributed by atoms with Gasteiger partial charge in [0.15, 0.2) is 0 Å². The average molecular weight is 179 g/mol. The van der Waals surface area contributed by atoms with Crippen molar-refractivity contribution in [3.05, 3.63) is 35.6 Å². The van der Waals surface area contributed by atoms with Crippen LogP contribution in [-0.4, -0.2) is 0 Å². The number of aryl methyl sites for hydroxylation is 1. The van der Waals surface area contributed by atoms with Gasteiger partial charge >= 0.3 is 0 Å². The molecule has 71 valence electrons. The fourth-order valence-electron chi connectivity index (χ4n) is 1.39. The zero-order chi connectivity index (χ0) is 9.52. The molecule has 1 rings (SSSR count). The summed E-state index contributed by atoms with van der Waals surface area (Å²) in [6, 6.07) is 7.88. The van der Waals surface area contributed by atoms with Crippen LogP contribution in [0.4, 0.5) is 4.39 Å². The summed E-state index contributed by atoms with van der Waals surface area (Å²) in [5.41, 5.74) is 0.804. The highest BCUT2D eigenvalue weighted by atomic mass is 19.1. The molecule has 0 saturated heterocycles. The molecule has 0 unspecified atom stereocenters. The Balaban J connectivity index is 2.32. The fraction of sp³-hybridized carbons (Fsp3) is 0.500. The first-order valence-electron chi connectivity index (χ1n) is 4.99. The van der Waals surface area contributed by atoms with Gasteiger partial charge in [-0.15, -0.1) is 0 Å². The predicted octanol–water partition coefficient (Wildman–Crippen LogP) is 3.75. The van der Waals surface area contributed by atoms with Crippen molar-refractivity contribution in [2.75, 3.05) is 0 Å². The van der Waals surface area contributed by atoms with Gasteiger partial charge in [-0.1, -0.05) is 44.4 Å². The van der Waals surface area contributed by atoms with Crippen LogP contribution < -0.4 is 0 Å². The van der Waals surface area contributed by atoms with Gasteiger partial charge in [0.25, 0.3) is 0 Å². The summed E-state index contributed by atoms with van der Waals surface area (Å²) in [4.78, 5) is 0. The van der Waals surface area contributed by atoms with Crippen molar-refractivity contribution in [2.45, 2.75) is 39.0 Å². The molecule has 0 amide bonds. The number of hydrogen-bond acceptors (Lipinski definition) is 0. The smallest absolute Gasteiger partial charge is 0.134 e. The zero-order valence-electron chi connectivity index (χ0n) is 8.15. The molecule has 1 aromatic rings. The van der Waals surface area contributed by atoms with E-state index in [1.807, 2.05) is 12.1 Å². The Morgan fingerprint density at radius 2 is 2.15 bits per heavy atom. The molecule has 0 atom stereocenters. The summed E-state index contributed by atoms with van der Waals surface area (Å²) in [6.45, 7) is 2.18. The summed E-state index contributed by atoms with van der Waals surface area (Å²) in [7, 11) is 0. The minimum atomic E-state index is -0.181. The van der Waals surface area contributed by atoms with Crippen molar-refractivity contribution in [1.82, 2.24) is 0 Å². The van der Waals surface area contributed by atoms with Crippen LogP contribution in [-0.2, 0) is 6.42 Å². The standard InChI is InChI=1S/C12H16F/c1-2-3-4-5-8-11-9-6-7-10-12(11)13/h6-7,9H,2-5,8H2,1H3. The summed E-state index contributed by atoms with van der Waals surface area (Å²) in [5, 5.41) is 0. The van der Waals surface area contributed by atoms with E-state index >= 15 is 0 Å². The Morgan fingerprint density at radius 1 is 1.31 bits per heavy atom. The Bertz CT molecular complexity index is 243. The van der Waals surface area contributed by atoms with E-state index in [0.717, 1.165) is 18.4 Å². The maximum atomic E-state index is 13.0. The molecule has 0 aromatic heterocycles. The SMILES string of the molecule is CCCCCCc1ccc[c]c1F. The number of benzene rings is 1. The van der Waals surface area contributed by atoms with E-state index in [1.165, 1.54) is 19.3 Å². The summed E-state index contributed by atoms with van der Waals surface area (Å²) in [6.07, 6.45) is 5.61. The highest BCUT2D eigenvalue weighted by Crippen LogP contribution is 2.10. The summed E-state index contributed by atoms with van der Waals surface area (Å²) in [5.74, 6) is -0.181. The van der Waals surface area contributed by atoms with Gasteiger partial charge in [0.1, 0.15) is 5.82 Å². The molecule has 0 bridgehead atoms. The third kappa shape index (κ3) is 3.58. The Morgan fingerprint density at radius 3 is 2.85 bits per heavy atom. The van der Waals surface area contributed by atoms with Crippen LogP contribution in [0.5, 0.6) is 0 Å². The first-order chi connectivity index (χ1) is 6.34. The molecule has 1 aromatic carbocycles. The first kappa shape index (κ1) is 10.2. The number of unbranched alkanes of at least 4 members (excludes halogenated alkanes) is 3. The van der Waals surface area contributed by atoms with Crippen molar-refractivity contribution in [3.63, 3.8) is 0 Å². The predicted molar refractivity (Wildman–Crippen MR) is 53.1 cm³/mol. The molecule has 1 radical (unpaired) electrons. The maximum Gasteiger partial charge on any atom is 0.134 e. The van der Waals surface area contributed by atoms with Gasteiger partial charge in [0, 0.05) is 6.07 Å². The Kier molecular flexibility index (Phi) is 4.52. The molecular formula is C12H16F. The van der Waals surface area contributed by atoms with E-state index in [1.54, 1.807) is 6.07 Å². The lowest BCUT2D eigenvalue weighted by Gasteiger charge is -2.01. The van der Waals surface area contributed by atoms with Crippen molar-refractivity contribution in [1.29, 1.82) is 0 Å². The second kappa shape index (κ2) is 5.74. The zero-order valence-corrected chi connectivity index (χ0v) is 8.15. The van der Waals surface area contributed by atoms with Gasteiger partial charge in [-0.2, -0.15) is 0 Å². The highest BCUT2D eigenvalue weighted by molar-refractivity contribution is 5.16. The number of halogens is 1. The van der Waals surface area contributed by atoms with E-state index < -0.39 is 0 Å². The molecule has 0 fully saturated rings. The van der Waals surface area contributed by atoms with E-state index in [9.17, 15) is 4.39 Å². The van der Waals surface area contributed by atoms with E-state index in [-0.39, 0.29) is 5.82 Å². The maximum absolute atomic E-state index is 13.0. The lowest BCUT2D eigenvalue weighted by molar-refractivity contribution is 0.592. The molecular weight excluding hydrogens is 163 g/mol. The second-order valence-electron chi connectivity index (χ2n) is 3.32. The Labute approximate surface area is 79.8 Å². The largest absolute Gasteiger partial charge is 0.206 e. The fourth-order valence-corrected chi connectivity index (χ4v) is 1.39. The van der Waals surface area contributed by atoms with Crippen LogP contribution in [0, 0.1) is 11.9 Å². The minimum Gasteiger partial charge on any atom is -0.206 e. The van der Waals surface area contributed by atoms with E-state index in [4.69, 9.17) is 0 Å². The average Bonchev–Trinajstić information content (AvgIpc) is 2.15.